The minimum atomic E-state index is -0.474. The highest BCUT2D eigenvalue weighted by atomic mass is 16.6. The fraction of sp³-hybridized carbons (Fsp3) is 0.157. The summed E-state index contributed by atoms with van der Waals surface area (Å²) in [4.78, 5) is 95.0. The number of nitrogen functional groups attached to an aromatic ring is 2. The first kappa shape index (κ1) is 70.3. The molecule has 0 unspecified atom stereocenters. The van der Waals surface area contributed by atoms with Crippen molar-refractivity contribution in [3.8, 4) is 11.8 Å². The molecule has 0 aromatic heterocycles. The number of para-hydroxylation sites is 4. The van der Waals surface area contributed by atoms with Crippen LogP contribution in [-0.2, 0) is 48.0 Å². The fourth-order valence-corrected chi connectivity index (χ4v) is 7.01. The third-order valence-electron chi connectivity index (χ3n) is 11.2. The first-order valence-electron chi connectivity index (χ1n) is 26.6. The zero-order valence-corrected chi connectivity index (χ0v) is 48.7. The monoisotopic (exact) mass is 1140 g/mol. The Morgan fingerprint density at radius 2 is 0.906 bits per heavy atom. The standard InChI is InChI=1S/C12H10O.C10H9NO3.C10H13NO.C10H10O.C10H8O.C9H9NO3.C9H11NO/c1-9(13)11-7-6-10-4-2-3-5-12(10)8-11;1-8(12)6-7-9-4-2-3-5-10(9)11(13)14;1-8(12)6-7-9-4-2-3-5-10(9)11;2*1-9(11)7-8-10-5-3-2-4-6-10;1-7(11)6-8-4-2-3-5-9(8)10(12)13;1-7(11)6-8-4-2-3-5-9(8)10/h2-8H,1H3;2-7H,1H3;2-5H,6-7,11H2,1H3;2-8H,1H3;2-6H,1H3;2-5H,6H2,1H3;2-5H,6,10H2,1H3/b;7-6+;;8-7+;;;. The lowest BCUT2D eigenvalue weighted by Crippen LogP contribution is -2.00. The smallest absolute Gasteiger partial charge is 0.276 e. The summed E-state index contributed by atoms with van der Waals surface area (Å²) in [5, 5.41) is 23.3. The average molecular weight is 1140 g/mol. The van der Waals surface area contributed by atoms with Crippen LogP contribution in [0, 0.1) is 32.1 Å². The number of Topliss-reactive ketones (excluding diaryl/α,β-unsaturated/α-hetero) is 5. The van der Waals surface area contributed by atoms with E-state index in [0.29, 0.717) is 29.7 Å². The van der Waals surface area contributed by atoms with Gasteiger partial charge in [-0.2, -0.15) is 0 Å². The predicted molar refractivity (Wildman–Crippen MR) is 339 cm³/mol. The molecule has 0 spiro atoms. The lowest BCUT2D eigenvalue weighted by Gasteiger charge is -2.02. The Bertz CT molecular complexity index is 3650. The first-order chi connectivity index (χ1) is 40.5. The number of ketones is 7. The number of nitro benzene ring substituents is 2. The van der Waals surface area contributed by atoms with Crippen LogP contribution in [0.2, 0.25) is 0 Å². The van der Waals surface area contributed by atoms with E-state index in [1.165, 1.54) is 50.4 Å². The minimum Gasteiger partial charge on any atom is -0.399 e. The highest BCUT2D eigenvalue weighted by Gasteiger charge is 2.13. The van der Waals surface area contributed by atoms with Gasteiger partial charge in [0.2, 0.25) is 5.78 Å². The quantitative estimate of drug-likeness (QED) is 0.0257. The molecule has 8 rings (SSSR count). The number of aryl methyl sites for hydroxylation is 1. The summed E-state index contributed by atoms with van der Waals surface area (Å²) in [6.07, 6.45) is 8.01. The first-order valence-corrected chi connectivity index (χ1v) is 26.6. The normalized spacial score (nSPS) is 9.73. The van der Waals surface area contributed by atoms with Gasteiger partial charge < -0.3 is 16.3 Å². The number of nitrogens with zero attached hydrogens (tertiary/aromatic N) is 2. The van der Waals surface area contributed by atoms with Crippen molar-refractivity contribution in [3.63, 3.8) is 0 Å². The number of carbonyl (C=O) groups is 7. The van der Waals surface area contributed by atoms with Crippen LogP contribution in [-0.4, -0.2) is 50.3 Å². The van der Waals surface area contributed by atoms with Crippen molar-refractivity contribution < 1.29 is 43.4 Å². The number of anilines is 2. The second-order valence-electron chi connectivity index (χ2n) is 18.6. The Labute approximate surface area is 496 Å². The summed E-state index contributed by atoms with van der Waals surface area (Å²) >= 11 is 0. The molecule has 4 N–H and O–H groups in total. The lowest BCUT2D eigenvalue weighted by molar-refractivity contribution is -0.385. The van der Waals surface area contributed by atoms with E-state index in [2.05, 4.69) is 11.8 Å². The summed E-state index contributed by atoms with van der Waals surface area (Å²) in [6, 6.07) is 60.6. The zero-order valence-electron chi connectivity index (χ0n) is 48.7. The van der Waals surface area contributed by atoms with Crippen LogP contribution in [0.15, 0.2) is 212 Å². The van der Waals surface area contributed by atoms with E-state index in [-0.39, 0.29) is 58.3 Å². The number of nitro groups is 2. The molecule has 0 saturated carbocycles. The number of carbonyl (C=O) groups excluding carboxylic acids is 7. The van der Waals surface area contributed by atoms with Gasteiger partial charge in [-0.3, -0.25) is 49.0 Å². The summed E-state index contributed by atoms with van der Waals surface area (Å²) in [5.74, 6) is 5.45. The maximum Gasteiger partial charge on any atom is 0.276 e. The molecule has 0 radical (unpaired) electrons. The van der Waals surface area contributed by atoms with Crippen molar-refractivity contribution >= 4 is 86.2 Å². The molecule has 0 bridgehead atoms. The van der Waals surface area contributed by atoms with E-state index in [1.807, 2.05) is 152 Å². The molecule has 15 nitrogen and oxygen atoms in total. The molecular formula is C70H70N4O11. The van der Waals surface area contributed by atoms with Crippen molar-refractivity contribution in [1.29, 1.82) is 0 Å². The van der Waals surface area contributed by atoms with Gasteiger partial charge in [0.15, 0.2) is 17.3 Å². The van der Waals surface area contributed by atoms with E-state index in [0.717, 1.165) is 45.3 Å². The van der Waals surface area contributed by atoms with E-state index in [1.54, 1.807) is 76.2 Å². The predicted octanol–water partition coefficient (Wildman–Crippen LogP) is 14.1. The Morgan fingerprint density at radius 3 is 1.41 bits per heavy atom. The van der Waals surface area contributed by atoms with Gasteiger partial charge in [0, 0.05) is 66.4 Å². The van der Waals surface area contributed by atoms with Crippen molar-refractivity contribution in [3.05, 3.63) is 272 Å². The SMILES string of the molecule is CC(=O)/C=C/c1ccccc1.CC(=O)/C=C/c1ccccc1[N+](=O)[O-].CC(=O)C#Cc1ccccc1.CC(=O)CCc1ccccc1N.CC(=O)Cc1ccccc1N.CC(=O)Cc1ccccc1[N+](=O)[O-].CC(=O)c1ccc2ccccc2c1. The highest BCUT2D eigenvalue weighted by Crippen LogP contribution is 2.20. The van der Waals surface area contributed by atoms with Gasteiger partial charge in [0.1, 0.15) is 17.3 Å². The Kier molecular flexibility index (Phi) is 32.7. The molecule has 0 atom stereocenters. The zero-order chi connectivity index (χ0) is 63.1. The number of rotatable bonds is 14. The second-order valence-corrected chi connectivity index (χ2v) is 18.6. The number of fused-ring (bicyclic) bond motifs is 1. The molecule has 8 aromatic rings. The van der Waals surface area contributed by atoms with Gasteiger partial charge >= 0.3 is 0 Å². The lowest BCUT2D eigenvalue weighted by atomic mass is 10.1. The Morgan fingerprint density at radius 1 is 0.459 bits per heavy atom. The molecule has 0 heterocycles. The third kappa shape index (κ3) is 31.1. The molecule has 0 amide bonds. The molecule has 15 heteroatoms. The topological polar surface area (TPSA) is 258 Å². The van der Waals surface area contributed by atoms with Crippen LogP contribution in [0.5, 0.6) is 0 Å². The maximum atomic E-state index is 11.1. The highest BCUT2D eigenvalue weighted by molar-refractivity contribution is 5.98. The number of hydrogen-bond donors (Lipinski definition) is 2. The minimum absolute atomic E-state index is 0.00463. The molecule has 0 aliphatic heterocycles. The molecular weight excluding hydrogens is 1070 g/mol. The van der Waals surface area contributed by atoms with Crippen LogP contribution >= 0.6 is 0 Å². The van der Waals surface area contributed by atoms with Crippen LogP contribution < -0.4 is 11.5 Å². The van der Waals surface area contributed by atoms with Crippen LogP contribution in [0.25, 0.3) is 22.9 Å². The summed E-state index contributed by atoms with van der Waals surface area (Å²) in [7, 11) is 0. The van der Waals surface area contributed by atoms with Crippen LogP contribution in [0.1, 0.15) is 98.6 Å². The number of hydrogen-bond acceptors (Lipinski definition) is 13. The molecule has 85 heavy (non-hydrogen) atoms. The second kappa shape index (κ2) is 39.5. The maximum absolute atomic E-state index is 11.1. The Balaban J connectivity index is 0.000000339. The van der Waals surface area contributed by atoms with Gasteiger partial charge in [0.25, 0.3) is 11.4 Å². The van der Waals surface area contributed by atoms with Gasteiger partial charge in [-0.15, -0.1) is 0 Å². The molecule has 436 valence electrons. The van der Waals surface area contributed by atoms with Crippen molar-refractivity contribution in [2.75, 3.05) is 11.5 Å². The Hall–Kier alpha value is -10.9. The van der Waals surface area contributed by atoms with Gasteiger partial charge in [-0.05, 0) is 136 Å². The average Bonchev–Trinajstić information content (AvgIpc) is 3.69. The molecule has 8 aromatic carbocycles. The summed E-state index contributed by atoms with van der Waals surface area (Å²) in [6.45, 7) is 10.5. The largest absolute Gasteiger partial charge is 0.399 e. The summed E-state index contributed by atoms with van der Waals surface area (Å²) in [5.41, 5.74) is 18.4. The molecule has 0 aliphatic rings. The van der Waals surface area contributed by atoms with Crippen LogP contribution in [0.3, 0.4) is 0 Å². The van der Waals surface area contributed by atoms with Crippen LogP contribution in [0.4, 0.5) is 22.7 Å². The fourth-order valence-electron chi connectivity index (χ4n) is 7.01. The van der Waals surface area contributed by atoms with Crippen molar-refractivity contribution in [2.24, 2.45) is 0 Å². The van der Waals surface area contributed by atoms with E-state index in [9.17, 15) is 53.8 Å². The van der Waals surface area contributed by atoms with Crippen molar-refractivity contribution in [1.82, 2.24) is 0 Å². The van der Waals surface area contributed by atoms with Crippen molar-refractivity contribution in [2.45, 2.75) is 74.1 Å². The number of benzene rings is 8. The van der Waals surface area contributed by atoms with E-state index in [4.69, 9.17) is 11.5 Å². The number of allylic oxidation sites excluding steroid dienone is 2. The van der Waals surface area contributed by atoms with Gasteiger partial charge in [0.05, 0.1) is 15.4 Å². The molecule has 0 fully saturated rings. The molecule has 0 aliphatic carbocycles. The van der Waals surface area contributed by atoms with E-state index < -0.39 is 9.85 Å². The number of nitrogens with two attached hydrogens (primary N) is 2. The van der Waals surface area contributed by atoms with Gasteiger partial charge in [-0.1, -0.05) is 164 Å². The third-order valence-corrected chi connectivity index (χ3v) is 11.2. The molecule has 0 saturated heterocycles. The van der Waals surface area contributed by atoms with Gasteiger partial charge in [-0.25, -0.2) is 0 Å². The summed E-state index contributed by atoms with van der Waals surface area (Å²) < 4.78 is 0. The van der Waals surface area contributed by atoms with E-state index >= 15 is 0 Å².